The molecule has 1 aromatic heterocycles. The fraction of sp³-hybridized carbons (Fsp3) is 0.444. The smallest absolute Gasteiger partial charge is 0.348 e. The highest BCUT2D eigenvalue weighted by Gasteiger charge is 2.19. The molecule has 6 heteroatoms. The molecular weight excluding hydrogens is 218 g/mol. The Labute approximate surface area is 91.1 Å². The first-order chi connectivity index (χ1) is 7.10. The van der Waals surface area contributed by atoms with Crippen LogP contribution in [0.2, 0.25) is 0 Å². The van der Waals surface area contributed by atoms with Crippen molar-refractivity contribution in [3.63, 3.8) is 0 Å². The SMILES string of the molecule is COC(=O)c1cc(C(O)C(O)CN)cs1. The molecule has 1 heterocycles. The topological polar surface area (TPSA) is 92.8 Å². The van der Waals surface area contributed by atoms with Gasteiger partial charge < -0.3 is 20.7 Å². The van der Waals surface area contributed by atoms with Crippen LogP contribution in [0.3, 0.4) is 0 Å². The van der Waals surface area contributed by atoms with Crippen molar-refractivity contribution < 1.29 is 19.7 Å². The van der Waals surface area contributed by atoms with Crippen molar-refractivity contribution in [1.29, 1.82) is 0 Å². The summed E-state index contributed by atoms with van der Waals surface area (Å²) in [7, 11) is 1.28. The molecule has 0 aliphatic rings. The fourth-order valence-electron chi connectivity index (χ4n) is 1.06. The molecule has 0 aliphatic heterocycles. The van der Waals surface area contributed by atoms with Gasteiger partial charge in [-0.3, -0.25) is 0 Å². The van der Waals surface area contributed by atoms with Gasteiger partial charge >= 0.3 is 5.97 Å². The Hall–Kier alpha value is -0.950. The average molecular weight is 231 g/mol. The molecule has 1 rings (SSSR count). The van der Waals surface area contributed by atoms with Crippen LogP contribution in [0.15, 0.2) is 11.4 Å². The van der Waals surface area contributed by atoms with Gasteiger partial charge in [0.15, 0.2) is 0 Å². The van der Waals surface area contributed by atoms with Crippen molar-refractivity contribution in [2.24, 2.45) is 5.73 Å². The predicted molar refractivity (Wildman–Crippen MR) is 55.7 cm³/mol. The molecule has 1 aromatic rings. The van der Waals surface area contributed by atoms with Crippen molar-refractivity contribution in [1.82, 2.24) is 0 Å². The number of thiophene rings is 1. The predicted octanol–water partition coefficient (Wildman–Crippen LogP) is -0.112. The van der Waals surface area contributed by atoms with Gasteiger partial charge in [-0.25, -0.2) is 4.79 Å². The van der Waals surface area contributed by atoms with Gasteiger partial charge in [-0.15, -0.1) is 11.3 Å². The average Bonchev–Trinajstić information content (AvgIpc) is 2.75. The van der Waals surface area contributed by atoms with E-state index >= 15 is 0 Å². The normalized spacial score (nSPS) is 14.7. The first-order valence-electron chi connectivity index (χ1n) is 4.33. The largest absolute Gasteiger partial charge is 0.465 e. The first-order valence-corrected chi connectivity index (χ1v) is 5.21. The van der Waals surface area contributed by atoms with E-state index in [9.17, 15) is 15.0 Å². The molecule has 15 heavy (non-hydrogen) atoms. The summed E-state index contributed by atoms with van der Waals surface area (Å²) in [6, 6.07) is 1.49. The number of carbonyl (C=O) groups is 1. The molecular formula is C9H13NO4S. The highest BCUT2D eigenvalue weighted by molar-refractivity contribution is 7.12. The maximum absolute atomic E-state index is 11.1. The molecule has 2 atom stereocenters. The van der Waals surface area contributed by atoms with Gasteiger partial charge in [0.25, 0.3) is 0 Å². The molecule has 5 nitrogen and oxygen atoms in total. The molecule has 4 N–H and O–H groups in total. The van der Waals surface area contributed by atoms with Crippen LogP contribution in [-0.2, 0) is 4.74 Å². The summed E-state index contributed by atoms with van der Waals surface area (Å²) in [6.45, 7) is -0.0371. The van der Waals surface area contributed by atoms with Crippen LogP contribution in [0.1, 0.15) is 21.3 Å². The number of ether oxygens (including phenoxy) is 1. The van der Waals surface area contributed by atoms with E-state index in [0.717, 1.165) is 11.3 Å². The molecule has 0 amide bonds. The molecule has 0 radical (unpaired) electrons. The van der Waals surface area contributed by atoms with Crippen LogP contribution < -0.4 is 5.73 Å². The maximum atomic E-state index is 11.1. The van der Waals surface area contributed by atoms with Crippen molar-refractivity contribution >= 4 is 17.3 Å². The second-order valence-electron chi connectivity index (χ2n) is 2.98. The number of hydrogen-bond donors (Lipinski definition) is 3. The summed E-state index contributed by atoms with van der Waals surface area (Å²) in [6.07, 6.45) is -2.09. The van der Waals surface area contributed by atoms with E-state index in [-0.39, 0.29) is 6.54 Å². The van der Waals surface area contributed by atoms with Crippen molar-refractivity contribution in [3.05, 3.63) is 21.9 Å². The summed E-state index contributed by atoms with van der Waals surface area (Å²) >= 11 is 1.15. The number of methoxy groups -OCH3 is 1. The number of aliphatic hydroxyl groups excluding tert-OH is 2. The van der Waals surface area contributed by atoms with Gasteiger partial charge in [0.2, 0.25) is 0 Å². The Morgan fingerprint density at radius 3 is 2.87 bits per heavy atom. The van der Waals surface area contributed by atoms with Gasteiger partial charge in [0.05, 0.1) is 13.2 Å². The van der Waals surface area contributed by atoms with Gasteiger partial charge in [-0.2, -0.15) is 0 Å². The van der Waals surface area contributed by atoms with Crippen LogP contribution in [0.25, 0.3) is 0 Å². The van der Waals surface area contributed by atoms with E-state index in [1.54, 1.807) is 5.38 Å². The van der Waals surface area contributed by atoms with Crippen molar-refractivity contribution in [2.75, 3.05) is 13.7 Å². The third-order valence-electron chi connectivity index (χ3n) is 1.95. The minimum atomic E-state index is -1.07. The molecule has 0 aromatic carbocycles. The van der Waals surface area contributed by atoms with E-state index in [1.807, 2.05) is 0 Å². The third kappa shape index (κ3) is 2.75. The molecule has 0 bridgehead atoms. The molecule has 0 fully saturated rings. The van der Waals surface area contributed by atoms with E-state index in [4.69, 9.17) is 5.73 Å². The number of nitrogens with two attached hydrogens (primary N) is 1. The molecule has 84 valence electrons. The number of carbonyl (C=O) groups excluding carboxylic acids is 1. The second kappa shape index (κ2) is 5.22. The number of esters is 1. The van der Waals surface area contributed by atoms with E-state index in [0.29, 0.717) is 10.4 Å². The number of aliphatic hydroxyl groups is 2. The Kier molecular flexibility index (Phi) is 4.22. The highest BCUT2D eigenvalue weighted by Crippen LogP contribution is 2.23. The minimum Gasteiger partial charge on any atom is -0.465 e. The van der Waals surface area contributed by atoms with Crippen LogP contribution in [0.5, 0.6) is 0 Å². The second-order valence-corrected chi connectivity index (χ2v) is 3.89. The monoisotopic (exact) mass is 231 g/mol. The quantitative estimate of drug-likeness (QED) is 0.629. The van der Waals surface area contributed by atoms with E-state index < -0.39 is 18.2 Å². The summed E-state index contributed by atoms with van der Waals surface area (Å²) in [5.41, 5.74) is 5.68. The van der Waals surface area contributed by atoms with Crippen molar-refractivity contribution in [2.45, 2.75) is 12.2 Å². The Morgan fingerprint density at radius 1 is 1.67 bits per heavy atom. The van der Waals surface area contributed by atoms with Crippen molar-refractivity contribution in [3.8, 4) is 0 Å². The molecule has 0 spiro atoms. The van der Waals surface area contributed by atoms with Gasteiger partial charge in [-0.05, 0) is 17.0 Å². The number of hydrogen-bond acceptors (Lipinski definition) is 6. The Bertz CT molecular complexity index is 339. The zero-order valence-electron chi connectivity index (χ0n) is 8.21. The highest BCUT2D eigenvalue weighted by atomic mass is 32.1. The molecule has 0 aliphatic carbocycles. The zero-order valence-corrected chi connectivity index (χ0v) is 9.03. The van der Waals surface area contributed by atoms with Crippen LogP contribution in [0, 0.1) is 0 Å². The van der Waals surface area contributed by atoms with Gasteiger partial charge in [-0.1, -0.05) is 0 Å². The molecule has 0 saturated carbocycles. The van der Waals surface area contributed by atoms with Crippen LogP contribution in [0.4, 0.5) is 0 Å². The standard InChI is InChI=1S/C9H13NO4S/c1-14-9(13)7-2-5(4-15-7)8(12)6(11)3-10/h2,4,6,8,11-12H,3,10H2,1H3. The fourth-order valence-corrected chi connectivity index (χ4v) is 1.92. The Morgan fingerprint density at radius 2 is 2.33 bits per heavy atom. The lowest BCUT2D eigenvalue weighted by atomic mass is 10.1. The van der Waals surface area contributed by atoms with Crippen LogP contribution in [-0.4, -0.2) is 35.9 Å². The first kappa shape index (κ1) is 12.1. The molecule has 2 unspecified atom stereocenters. The zero-order chi connectivity index (χ0) is 11.4. The van der Waals surface area contributed by atoms with Crippen LogP contribution >= 0.6 is 11.3 Å². The van der Waals surface area contributed by atoms with E-state index in [2.05, 4.69) is 4.74 Å². The maximum Gasteiger partial charge on any atom is 0.348 e. The third-order valence-corrected chi connectivity index (χ3v) is 2.88. The minimum absolute atomic E-state index is 0.0371. The van der Waals surface area contributed by atoms with Gasteiger partial charge in [0, 0.05) is 6.54 Å². The Balaban J connectivity index is 2.79. The molecule has 0 saturated heterocycles. The lowest BCUT2D eigenvalue weighted by Crippen LogP contribution is -2.26. The lowest BCUT2D eigenvalue weighted by Gasteiger charge is -2.14. The number of rotatable bonds is 4. The van der Waals surface area contributed by atoms with E-state index in [1.165, 1.54) is 13.2 Å². The van der Waals surface area contributed by atoms with Gasteiger partial charge in [0.1, 0.15) is 11.0 Å². The lowest BCUT2D eigenvalue weighted by molar-refractivity contribution is 0.0245. The summed E-state index contributed by atoms with van der Waals surface area (Å²) in [4.78, 5) is 11.5. The summed E-state index contributed by atoms with van der Waals surface area (Å²) in [5, 5.41) is 20.5. The summed E-state index contributed by atoms with van der Waals surface area (Å²) in [5.74, 6) is -0.458. The summed E-state index contributed by atoms with van der Waals surface area (Å²) < 4.78 is 4.52.